The van der Waals surface area contributed by atoms with Crippen molar-refractivity contribution in [2.75, 3.05) is 5.32 Å². The minimum absolute atomic E-state index is 0.0950. The van der Waals surface area contributed by atoms with Crippen LogP contribution < -0.4 is 10.9 Å². The lowest BCUT2D eigenvalue weighted by Crippen LogP contribution is -2.17. The van der Waals surface area contributed by atoms with Crippen molar-refractivity contribution in [1.82, 2.24) is 9.13 Å². The van der Waals surface area contributed by atoms with Gasteiger partial charge in [0.1, 0.15) is 5.69 Å². The van der Waals surface area contributed by atoms with Crippen molar-refractivity contribution in [3.8, 4) is 0 Å². The highest BCUT2D eigenvalue weighted by Crippen LogP contribution is 2.19. The molecule has 3 rings (SSSR count). The first kappa shape index (κ1) is 15.4. The summed E-state index contributed by atoms with van der Waals surface area (Å²) in [6.07, 6.45) is 1.74. The molecule has 3 aromatic rings. The van der Waals surface area contributed by atoms with Crippen LogP contribution in [0.4, 0.5) is 5.69 Å². The Labute approximate surface area is 138 Å². The molecule has 1 aromatic carbocycles. The summed E-state index contributed by atoms with van der Waals surface area (Å²) in [5.41, 5.74) is 1.67. The number of benzene rings is 1. The van der Waals surface area contributed by atoms with E-state index in [9.17, 15) is 9.59 Å². The van der Waals surface area contributed by atoms with Gasteiger partial charge in [-0.3, -0.25) is 9.59 Å². The number of nitrogens with zero attached hydrogens (tertiary/aromatic N) is 2. The van der Waals surface area contributed by atoms with Crippen LogP contribution in [0.5, 0.6) is 0 Å². The first-order chi connectivity index (χ1) is 11.0. The van der Waals surface area contributed by atoms with Crippen LogP contribution in [0, 0.1) is 0 Å². The quantitative estimate of drug-likeness (QED) is 0.801. The third-order valence-electron chi connectivity index (χ3n) is 3.84. The van der Waals surface area contributed by atoms with Crippen LogP contribution >= 0.6 is 11.6 Å². The van der Waals surface area contributed by atoms with E-state index < -0.39 is 0 Å². The van der Waals surface area contributed by atoms with E-state index in [0.29, 0.717) is 28.3 Å². The molecule has 0 atom stereocenters. The highest BCUT2D eigenvalue weighted by atomic mass is 35.5. The number of carbonyl (C=O) groups excluding carboxylic acids is 1. The predicted molar refractivity (Wildman–Crippen MR) is 92.3 cm³/mol. The van der Waals surface area contributed by atoms with Crippen molar-refractivity contribution in [3.05, 3.63) is 63.7 Å². The Morgan fingerprint density at radius 2 is 2.04 bits per heavy atom. The smallest absolute Gasteiger partial charge is 0.272 e. The molecule has 118 valence electrons. The summed E-state index contributed by atoms with van der Waals surface area (Å²) < 4.78 is 3.33. The second kappa shape index (κ2) is 5.93. The second-order valence-electron chi connectivity index (χ2n) is 5.26. The molecule has 0 saturated carbocycles. The van der Waals surface area contributed by atoms with E-state index in [-0.39, 0.29) is 11.5 Å². The number of nitrogens with one attached hydrogen (secondary N) is 1. The summed E-state index contributed by atoms with van der Waals surface area (Å²) >= 11 is 5.92. The standard InChI is InChI=1S/C17H16ClN3O2/c1-3-21-8-7-14-13(17(21)23)10-15(20(14)2)16(22)19-12-6-4-5-11(18)9-12/h4-10H,3H2,1-2H3,(H,19,22). The molecule has 1 N–H and O–H groups in total. The number of carbonyl (C=O) groups is 1. The van der Waals surface area contributed by atoms with E-state index in [1.54, 1.807) is 52.7 Å². The van der Waals surface area contributed by atoms with E-state index in [2.05, 4.69) is 5.32 Å². The van der Waals surface area contributed by atoms with Crippen molar-refractivity contribution in [2.45, 2.75) is 13.5 Å². The Morgan fingerprint density at radius 1 is 1.26 bits per heavy atom. The average molecular weight is 330 g/mol. The van der Waals surface area contributed by atoms with Crippen LogP contribution in [0.2, 0.25) is 5.02 Å². The maximum Gasteiger partial charge on any atom is 0.272 e. The van der Waals surface area contributed by atoms with Crippen molar-refractivity contribution >= 4 is 34.1 Å². The topological polar surface area (TPSA) is 56.0 Å². The predicted octanol–water partition coefficient (Wildman–Crippen LogP) is 3.27. The van der Waals surface area contributed by atoms with Gasteiger partial charge in [-0.15, -0.1) is 0 Å². The molecule has 5 nitrogen and oxygen atoms in total. The van der Waals surface area contributed by atoms with Crippen LogP contribution in [0.25, 0.3) is 10.9 Å². The van der Waals surface area contributed by atoms with Crippen molar-refractivity contribution in [3.63, 3.8) is 0 Å². The van der Waals surface area contributed by atoms with E-state index in [1.165, 1.54) is 0 Å². The van der Waals surface area contributed by atoms with Crippen LogP contribution in [0.3, 0.4) is 0 Å². The zero-order valence-electron chi connectivity index (χ0n) is 12.8. The number of pyridine rings is 1. The van der Waals surface area contributed by atoms with Crippen molar-refractivity contribution < 1.29 is 4.79 Å². The van der Waals surface area contributed by atoms with Gasteiger partial charge in [0.05, 0.1) is 10.9 Å². The molecule has 0 fully saturated rings. The van der Waals surface area contributed by atoms with Crippen LogP contribution in [0.1, 0.15) is 17.4 Å². The number of amides is 1. The van der Waals surface area contributed by atoms with E-state index in [0.717, 1.165) is 5.52 Å². The Hall–Kier alpha value is -2.53. The average Bonchev–Trinajstić information content (AvgIpc) is 2.86. The Morgan fingerprint density at radius 3 is 2.74 bits per heavy atom. The summed E-state index contributed by atoms with van der Waals surface area (Å²) in [4.78, 5) is 24.8. The van der Waals surface area contributed by atoms with E-state index >= 15 is 0 Å². The number of aromatic nitrogens is 2. The van der Waals surface area contributed by atoms with Crippen LogP contribution in [-0.4, -0.2) is 15.0 Å². The van der Waals surface area contributed by atoms with E-state index in [4.69, 9.17) is 11.6 Å². The first-order valence-corrected chi connectivity index (χ1v) is 7.65. The number of anilines is 1. The molecule has 0 aliphatic rings. The lowest BCUT2D eigenvalue weighted by atomic mass is 10.3. The third-order valence-corrected chi connectivity index (χ3v) is 4.07. The first-order valence-electron chi connectivity index (χ1n) is 7.27. The maximum absolute atomic E-state index is 12.5. The number of halogens is 1. The van der Waals surface area contributed by atoms with Gasteiger partial charge in [-0.25, -0.2) is 0 Å². The van der Waals surface area contributed by atoms with Gasteiger partial charge >= 0.3 is 0 Å². The number of hydrogen-bond acceptors (Lipinski definition) is 2. The summed E-state index contributed by atoms with van der Waals surface area (Å²) in [7, 11) is 1.77. The molecule has 23 heavy (non-hydrogen) atoms. The monoisotopic (exact) mass is 329 g/mol. The fourth-order valence-corrected chi connectivity index (χ4v) is 2.79. The van der Waals surface area contributed by atoms with Gasteiger partial charge in [0.2, 0.25) is 0 Å². The lowest BCUT2D eigenvalue weighted by Gasteiger charge is -2.07. The molecule has 2 heterocycles. The highest BCUT2D eigenvalue weighted by molar-refractivity contribution is 6.31. The molecular formula is C17H16ClN3O2. The maximum atomic E-state index is 12.5. The zero-order chi connectivity index (χ0) is 16.6. The lowest BCUT2D eigenvalue weighted by molar-refractivity contribution is 0.102. The van der Waals surface area contributed by atoms with Crippen molar-refractivity contribution in [2.24, 2.45) is 7.05 Å². The molecule has 0 aliphatic heterocycles. The van der Waals surface area contributed by atoms with E-state index in [1.807, 2.05) is 13.0 Å². The minimum atomic E-state index is -0.284. The molecule has 1 amide bonds. The summed E-state index contributed by atoms with van der Waals surface area (Å²) in [6, 6.07) is 10.4. The molecule has 0 spiro atoms. The molecular weight excluding hydrogens is 314 g/mol. The third kappa shape index (κ3) is 2.75. The minimum Gasteiger partial charge on any atom is -0.339 e. The van der Waals surface area contributed by atoms with Gasteiger partial charge in [-0.1, -0.05) is 17.7 Å². The summed E-state index contributed by atoms with van der Waals surface area (Å²) in [5.74, 6) is -0.284. The molecule has 0 unspecified atom stereocenters. The number of rotatable bonds is 3. The van der Waals surface area contributed by atoms with Crippen LogP contribution in [-0.2, 0) is 13.6 Å². The summed E-state index contributed by atoms with van der Waals surface area (Å²) in [6.45, 7) is 2.50. The largest absolute Gasteiger partial charge is 0.339 e. The van der Waals surface area contributed by atoms with Gasteiger partial charge in [-0.05, 0) is 37.3 Å². The fraction of sp³-hybridized carbons (Fsp3) is 0.176. The zero-order valence-corrected chi connectivity index (χ0v) is 13.6. The molecule has 0 aliphatic carbocycles. The van der Waals surface area contributed by atoms with Gasteiger partial charge < -0.3 is 14.5 Å². The molecule has 6 heteroatoms. The normalized spacial score (nSPS) is 10.9. The van der Waals surface area contributed by atoms with Gasteiger partial charge in [0.15, 0.2) is 0 Å². The number of hydrogen-bond donors (Lipinski definition) is 1. The molecule has 2 aromatic heterocycles. The number of fused-ring (bicyclic) bond motifs is 1. The van der Waals surface area contributed by atoms with Gasteiger partial charge in [0, 0.05) is 30.5 Å². The highest BCUT2D eigenvalue weighted by Gasteiger charge is 2.16. The molecule has 0 saturated heterocycles. The Kier molecular flexibility index (Phi) is 3.96. The Bertz CT molecular complexity index is 956. The van der Waals surface area contributed by atoms with Crippen molar-refractivity contribution in [1.29, 1.82) is 0 Å². The van der Waals surface area contributed by atoms with Gasteiger partial charge in [0.25, 0.3) is 11.5 Å². The summed E-state index contributed by atoms with van der Waals surface area (Å²) in [5, 5.41) is 3.88. The second-order valence-corrected chi connectivity index (χ2v) is 5.70. The number of aryl methyl sites for hydroxylation is 2. The fourth-order valence-electron chi connectivity index (χ4n) is 2.60. The van der Waals surface area contributed by atoms with Gasteiger partial charge in [-0.2, -0.15) is 0 Å². The Balaban J connectivity index is 2.02. The SMILES string of the molecule is CCn1ccc2c(cc(C(=O)Nc3cccc(Cl)c3)n2C)c1=O. The molecule has 0 radical (unpaired) electrons. The van der Waals surface area contributed by atoms with Crippen LogP contribution in [0.15, 0.2) is 47.4 Å². The molecule has 0 bridgehead atoms.